The standard InChI is InChI=1S/C13H23N3O/c1-5-15-11(13(3,4)17-6-2)10-8-7-9-16-12(10)14/h7-9,11,15H,5-6H2,1-4H3,(H2,14,16). The number of hydrogen-bond acceptors (Lipinski definition) is 4. The Labute approximate surface area is 104 Å². The second kappa shape index (κ2) is 5.98. The lowest BCUT2D eigenvalue weighted by Crippen LogP contribution is -2.42. The fourth-order valence-electron chi connectivity index (χ4n) is 2.06. The van der Waals surface area contributed by atoms with Crippen molar-refractivity contribution in [2.75, 3.05) is 18.9 Å². The summed E-state index contributed by atoms with van der Waals surface area (Å²) in [6, 6.07) is 3.94. The van der Waals surface area contributed by atoms with E-state index in [9.17, 15) is 0 Å². The maximum Gasteiger partial charge on any atom is 0.128 e. The van der Waals surface area contributed by atoms with Gasteiger partial charge in [0.2, 0.25) is 0 Å². The van der Waals surface area contributed by atoms with E-state index in [1.807, 2.05) is 19.1 Å². The molecule has 4 heteroatoms. The lowest BCUT2D eigenvalue weighted by atomic mass is 9.91. The molecule has 0 bridgehead atoms. The number of nitrogens with zero attached hydrogens (tertiary/aromatic N) is 1. The van der Waals surface area contributed by atoms with Gasteiger partial charge in [-0.3, -0.25) is 0 Å². The first-order valence-corrected chi connectivity index (χ1v) is 6.10. The van der Waals surface area contributed by atoms with Crippen LogP contribution in [0, 0.1) is 0 Å². The summed E-state index contributed by atoms with van der Waals surface area (Å²) in [7, 11) is 0. The summed E-state index contributed by atoms with van der Waals surface area (Å²) >= 11 is 0. The Morgan fingerprint density at radius 2 is 2.18 bits per heavy atom. The van der Waals surface area contributed by atoms with Crippen LogP contribution >= 0.6 is 0 Å². The molecule has 1 rings (SSSR count). The maximum absolute atomic E-state index is 5.94. The summed E-state index contributed by atoms with van der Waals surface area (Å²) in [6.45, 7) is 9.73. The molecule has 0 amide bonds. The van der Waals surface area contributed by atoms with Crippen molar-refractivity contribution < 1.29 is 4.74 Å². The van der Waals surface area contributed by atoms with E-state index in [1.165, 1.54) is 0 Å². The molecular weight excluding hydrogens is 214 g/mol. The molecule has 1 aromatic heterocycles. The monoisotopic (exact) mass is 237 g/mol. The van der Waals surface area contributed by atoms with Crippen LogP contribution in [0.15, 0.2) is 18.3 Å². The van der Waals surface area contributed by atoms with Gasteiger partial charge in [-0.25, -0.2) is 4.98 Å². The number of rotatable bonds is 6. The van der Waals surface area contributed by atoms with Crippen molar-refractivity contribution in [2.45, 2.75) is 39.3 Å². The molecule has 0 aliphatic carbocycles. The zero-order valence-electron chi connectivity index (χ0n) is 11.2. The first kappa shape index (κ1) is 13.9. The van der Waals surface area contributed by atoms with E-state index in [0.29, 0.717) is 12.4 Å². The molecule has 1 heterocycles. The molecule has 3 N–H and O–H groups in total. The second-order valence-corrected chi connectivity index (χ2v) is 4.51. The Bertz CT molecular complexity index is 352. The van der Waals surface area contributed by atoms with Gasteiger partial charge in [0, 0.05) is 18.4 Å². The number of nitrogens with one attached hydrogen (secondary N) is 1. The van der Waals surface area contributed by atoms with Crippen LogP contribution in [0.5, 0.6) is 0 Å². The van der Waals surface area contributed by atoms with E-state index < -0.39 is 0 Å². The molecule has 0 aliphatic heterocycles. The number of hydrogen-bond donors (Lipinski definition) is 2. The summed E-state index contributed by atoms with van der Waals surface area (Å²) in [5.41, 5.74) is 6.61. The minimum Gasteiger partial charge on any atom is -0.383 e. The average Bonchev–Trinajstić information content (AvgIpc) is 2.27. The van der Waals surface area contributed by atoms with E-state index in [0.717, 1.165) is 12.1 Å². The number of ether oxygens (including phenoxy) is 1. The zero-order chi connectivity index (χ0) is 12.9. The van der Waals surface area contributed by atoms with E-state index in [1.54, 1.807) is 6.20 Å². The van der Waals surface area contributed by atoms with Crippen LogP contribution in [0.1, 0.15) is 39.3 Å². The van der Waals surface area contributed by atoms with Gasteiger partial charge in [0.05, 0.1) is 11.6 Å². The molecule has 0 aromatic carbocycles. The van der Waals surface area contributed by atoms with Crippen LogP contribution in [0.2, 0.25) is 0 Å². The molecule has 1 aromatic rings. The topological polar surface area (TPSA) is 60.2 Å². The van der Waals surface area contributed by atoms with Crippen molar-refractivity contribution in [3.8, 4) is 0 Å². The van der Waals surface area contributed by atoms with Crippen LogP contribution in [-0.2, 0) is 4.74 Å². The molecule has 0 saturated heterocycles. The van der Waals surface area contributed by atoms with Crippen LogP contribution in [-0.4, -0.2) is 23.7 Å². The van der Waals surface area contributed by atoms with Gasteiger partial charge in [0.25, 0.3) is 0 Å². The summed E-state index contributed by atoms with van der Waals surface area (Å²) in [6.07, 6.45) is 1.70. The number of nitrogen functional groups attached to an aromatic ring is 1. The highest BCUT2D eigenvalue weighted by Crippen LogP contribution is 2.31. The molecule has 0 radical (unpaired) electrons. The predicted molar refractivity (Wildman–Crippen MR) is 70.8 cm³/mol. The van der Waals surface area contributed by atoms with Crippen molar-refractivity contribution in [2.24, 2.45) is 0 Å². The highest BCUT2D eigenvalue weighted by Gasteiger charge is 2.32. The SMILES string of the molecule is CCNC(c1cccnc1N)C(C)(C)OCC. The van der Waals surface area contributed by atoms with E-state index in [-0.39, 0.29) is 11.6 Å². The Kier molecular flexibility index (Phi) is 4.90. The molecular formula is C13H23N3O. The third-order valence-corrected chi connectivity index (χ3v) is 2.80. The Morgan fingerprint density at radius 3 is 2.71 bits per heavy atom. The number of nitrogens with two attached hydrogens (primary N) is 1. The van der Waals surface area contributed by atoms with Gasteiger partial charge in [0.1, 0.15) is 5.82 Å². The summed E-state index contributed by atoms with van der Waals surface area (Å²) in [5.74, 6) is 0.561. The third kappa shape index (κ3) is 3.41. The molecule has 0 spiro atoms. The molecule has 1 unspecified atom stereocenters. The Balaban J connectivity index is 3.04. The lowest BCUT2D eigenvalue weighted by molar-refractivity contribution is -0.0387. The largest absolute Gasteiger partial charge is 0.383 e. The van der Waals surface area contributed by atoms with Crippen molar-refractivity contribution in [1.82, 2.24) is 10.3 Å². The van der Waals surface area contributed by atoms with Gasteiger partial charge in [-0.2, -0.15) is 0 Å². The van der Waals surface area contributed by atoms with Crippen molar-refractivity contribution in [1.29, 1.82) is 0 Å². The highest BCUT2D eigenvalue weighted by atomic mass is 16.5. The number of anilines is 1. The molecule has 0 aliphatic rings. The highest BCUT2D eigenvalue weighted by molar-refractivity contribution is 5.42. The first-order valence-electron chi connectivity index (χ1n) is 6.10. The zero-order valence-corrected chi connectivity index (χ0v) is 11.2. The molecule has 1 atom stereocenters. The van der Waals surface area contributed by atoms with Crippen molar-refractivity contribution in [3.63, 3.8) is 0 Å². The molecule has 17 heavy (non-hydrogen) atoms. The lowest BCUT2D eigenvalue weighted by Gasteiger charge is -2.35. The van der Waals surface area contributed by atoms with Crippen LogP contribution < -0.4 is 11.1 Å². The third-order valence-electron chi connectivity index (χ3n) is 2.80. The molecule has 0 saturated carbocycles. The van der Waals surface area contributed by atoms with Gasteiger partial charge in [0.15, 0.2) is 0 Å². The van der Waals surface area contributed by atoms with E-state index >= 15 is 0 Å². The smallest absolute Gasteiger partial charge is 0.128 e. The number of aromatic nitrogens is 1. The van der Waals surface area contributed by atoms with Crippen molar-refractivity contribution >= 4 is 5.82 Å². The first-order chi connectivity index (χ1) is 8.03. The summed E-state index contributed by atoms with van der Waals surface area (Å²) in [5, 5.41) is 3.42. The maximum atomic E-state index is 5.94. The van der Waals surface area contributed by atoms with Crippen LogP contribution in [0.4, 0.5) is 5.82 Å². The number of likely N-dealkylation sites (N-methyl/N-ethyl adjacent to an activating group) is 1. The summed E-state index contributed by atoms with van der Waals surface area (Å²) < 4.78 is 5.81. The second-order valence-electron chi connectivity index (χ2n) is 4.51. The van der Waals surface area contributed by atoms with Crippen LogP contribution in [0.25, 0.3) is 0 Å². The van der Waals surface area contributed by atoms with Gasteiger partial charge >= 0.3 is 0 Å². The van der Waals surface area contributed by atoms with Crippen molar-refractivity contribution in [3.05, 3.63) is 23.9 Å². The van der Waals surface area contributed by atoms with Gasteiger partial charge in [-0.05, 0) is 33.4 Å². The molecule has 4 nitrogen and oxygen atoms in total. The normalized spacial score (nSPS) is 13.6. The minimum atomic E-state index is -0.318. The Morgan fingerprint density at radius 1 is 1.47 bits per heavy atom. The van der Waals surface area contributed by atoms with E-state index in [4.69, 9.17) is 10.5 Å². The Hall–Kier alpha value is -1.13. The quantitative estimate of drug-likeness (QED) is 0.795. The average molecular weight is 237 g/mol. The minimum absolute atomic E-state index is 0.0427. The fraction of sp³-hybridized carbons (Fsp3) is 0.615. The van der Waals surface area contributed by atoms with Gasteiger partial charge in [-0.1, -0.05) is 13.0 Å². The number of pyridine rings is 1. The molecule has 96 valence electrons. The van der Waals surface area contributed by atoms with E-state index in [2.05, 4.69) is 31.1 Å². The van der Waals surface area contributed by atoms with Crippen LogP contribution in [0.3, 0.4) is 0 Å². The van der Waals surface area contributed by atoms with Gasteiger partial charge < -0.3 is 15.8 Å². The predicted octanol–water partition coefficient (Wildman–Crippen LogP) is 2.13. The van der Waals surface area contributed by atoms with Gasteiger partial charge in [-0.15, -0.1) is 0 Å². The molecule has 0 fully saturated rings. The summed E-state index contributed by atoms with van der Waals surface area (Å²) in [4.78, 5) is 4.14. The fourth-order valence-corrected chi connectivity index (χ4v) is 2.06.